The van der Waals surface area contributed by atoms with Gasteiger partial charge in [-0.1, -0.05) is 11.8 Å². The van der Waals surface area contributed by atoms with E-state index in [-0.39, 0.29) is 18.3 Å². The topological polar surface area (TPSA) is 86.8 Å². The number of hydrogen-bond donors (Lipinski definition) is 1. The van der Waals surface area contributed by atoms with E-state index >= 15 is 0 Å². The normalized spacial score (nSPS) is 10.5. The number of hydrogen-bond acceptors (Lipinski definition) is 8. The fourth-order valence-corrected chi connectivity index (χ4v) is 4.55. The van der Waals surface area contributed by atoms with Crippen molar-refractivity contribution < 1.29 is 23.8 Å². The van der Waals surface area contributed by atoms with E-state index in [1.807, 2.05) is 37.4 Å². The van der Waals surface area contributed by atoms with Gasteiger partial charge in [-0.2, -0.15) is 0 Å². The first-order valence-electron chi connectivity index (χ1n) is 9.29. The Morgan fingerprint density at radius 2 is 1.90 bits per heavy atom. The number of rotatable bonds is 8. The number of nitrogens with zero attached hydrogens (tertiary/aromatic N) is 1. The second-order valence-corrected chi connectivity index (χ2v) is 8.70. The lowest BCUT2D eigenvalue weighted by molar-refractivity contribution is -0.142. The van der Waals surface area contributed by atoms with Crippen molar-refractivity contribution in [3.63, 3.8) is 0 Å². The maximum atomic E-state index is 12.8. The second kappa shape index (κ2) is 10.3. The Hall–Kier alpha value is -3.04. The number of ether oxygens (including phenoxy) is 3. The molecule has 1 N–H and O–H groups in total. The van der Waals surface area contributed by atoms with E-state index in [1.165, 1.54) is 20.3 Å². The number of carbonyl (C=O) groups excluding carboxylic acids is 2. The van der Waals surface area contributed by atoms with Gasteiger partial charge in [0.2, 0.25) is 0 Å². The Kier molecular flexibility index (Phi) is 7.54. The molecule has 0 aliphatic carbocycles. The number of thiazole rings is 1. The van der Waals surface area contributed by atoms with Gasteiger partial charge in [-0.05, 0) is 55.8 Å². The third kappa shape index (κ3) is 5.99. The van der Waals surface area contributed by atoms with Crippen LogP contribution in [0.4, 0.5) is 5.69 Å². The number of aryl methyl sites for hydroxylation is 2. The summed E-state index contributed by atoms with van der Waals surface area (Å²) in [5.74, 6) is -0.138. The molecule has 9 heteroatoms. The Morgan fingerprint density at radius 3 is 2.55 bits per heavy atom. The van der Waals surface area contributed by atoms with Gasteiger partial charge in [-0.15, -0.1) is 11.3 Å². The third-order valence-corrected chi connectivity index (χ3v) is 6.29. The van der Waals surface area contributed by atoms with Crippen molar-refractivity contribution in [2.24, 2.45) is 0 Å². The molecule has 31 heavy (non-hydrogen) atoms. The van der Waals surface area contributed by atoms with Gasteiger partial charge in [-0.3, -0.25) is 4.79 Å². The zero-order valence-electron chi connectivity index (χ0n) is 17.6. The summed E-state index contributed by atoms with van der Waals surface area (Å²) < 4.78 is 16.2. The number of benzene rings is 2. The number of carbonyl (C=O) groups is 2. The van der Waals surface area contributed by atoms with Gasteiger partial charge >= 0.3 is 5.97 Å². The Bertz CT molecular complexity index is 1100. The average Bonchev–Trinajstić information content (AvgIpc) is 3.17. The molecule has 0 aliphatic heterocycles. The van der Waals surface area contributed by atoms with E-state index in [9.17, 15) is 9.59 Å². The van der Waals surface area contributed by atoms with E-state index in [0.29, 0.717) is 17.0 Å². The first kappa shape index (κ1) is 22.6. The Balaban J connectivity index is 1.72. The van der Waals surface area contributed by atoms with Crippen molar-refractivity contribution in [3.05, 3.63) is 58.6 Å². The number of anilines is 1. The summed E-state index contributed by atoms with van der Waals surface area (Å²) in [4.78, 5) is 29.6. The number of esters is 1. The van der Waals surface area contributed by atoms with E-state index in [2.05, 4.69) is 15.0 Å². The van der Waals surface area contributed by atoms with Crippen LogP contribution >= 0.6 is 23.1 Å². The Morgan fingerprint density at radius 1 is 1.10 bits per heavy atom. The monoisotopic (exact) mass is 458 g/mol. The molecule has 3 rings (SSSR count). The van der Waals surface area contributed by atoms with Crippen LogP contribution in [-0.2, 0) is 9.53 Å². The zero-order chi connectivity index (χ0) is 22.4. The summed E-state index contributed by atoms with van der Waals surface area (Å²) >= 11 is 3.19. The van der Waals surface area contributed by atoms with E-state index in [0.717, 1.165) is 20.5 Å². The third-order valence-electron chi connectivity index (χ3n) is 4.25. The van der Waals surface area contributed by atoms with Crippen LogP contribution in [0.5, 0.6) is 11.5 Å². The van der Waals surface area contributed by atoms with Gasteiger partial charge in [0.15, 0.2) is 22.4 Å². The van der Waals surface area contributed by atoms with Gasteiger partial charge in [-0.25, -0.2) is 9.78 Å². The maximum absolute atomic E-state index is 12.8. The molecule has 1 aromatic heterocycles. The summed E-state index contributed by atoms with van der Waals surface area (Å²) in [5.41, 5.74) is 3.01. The smallest absolute Gasteiger partial charge is 0.343 e. The molecule has 2 aromatic carbocycles. The SMILES string of the molecule is COC(=O)COc1cc(C(=O)Nc2ccc(Sc3nc(C)cs3)cc2C)ccc1OC. The van der Waals surface area contributed by atoms with Gasteiger partial charge < -0.3 is 19.5 Å². The second-order valence-electron chi connectivity index (χ2n) is 6.52. The highest BCUT2D eigenvalue weighted by Crippen LogP contribution is 2.33. The predicted octanol–water partition coefficient (Wildman–Crippen LogP) is 4.72. The van der Waals surface area contributed by atoms with E-state index < -0.39 is 5.97 Å². The maximum Gasteiger partial charge on any atom is 0.343 e. The molecule has 0 radical (unpaired) electrons. The molecule has 0 unspecified atom stereocenters. The number of nitrogens with one attached hydrogen (secondary N) is 1. The largest absolute Gasteiger partial charge is 0.493 e. The first-order valence-corrected chi connectivity index (χ1v) is 11.0. The van der Waals surface area contributed by atoms with Crippen LogP contribution in [0.3, 0.4) is 0 Å². The highest BCUT2D eigenvalue weighted by molar-refractivity contribution is 8.01. The van der Waals surface area contributed by atoms with Gasteiger partial charge in [0, 0.05) is 27.2 Å². The summed E-state index contributed by atoms with van der Waals surface area (Å²) in [5, 5.41) is 4.93. The van der Waals surface area contributed by atoms with E-state index in [1.54, 1.807) is 35.2 Å². The summed E-state index contributed by atoms with van der Waals surface area (Å²) in [6, 6.07) is 10.6. The number of aromatic nitrogens is 1. The number of amides is 1. The molecule has 1 amide bonds. The molecule has 162 valence electrons. The van der Waals surface area contributed by atoms with Crippen LogP contribution in [0.15, 0.2) is 51.0 Å². The lowest BCUT2D eigenvalue weighted by atomic mass is 10.1. The predicted molar refractivity (Wildman–Crippen MR) is 121 cm³/mol. The summed E-state index contributed by atoms with van der Waals surface area (Å²) in [6.07, 6.45) is 0. The van der Waals surface area contributed by atoms with Crippen LogP contribution in [0, 0.1) is 13.8 Å². The van der Waals surface area contributed by atoms with Crippen molar-refractivity contribution >= 4 is 40.7 Å². The van der Waals surface area contributed by atoms with Crippen molar-refractivity contribution in [2.75, 3.05) is 26.1 Å². The summed E-state index contributed by atoms with van der Waals surface area (Å²) in [6.45, 7) is 3.62. The lowest BCUT2D eigenvalue weighted by Gasteiger charge is -2.13. The van der Waals surface area contributed by atoms with Crippen LogP contribution in [0.25, 0.3) is 0 Å². The average molecular weight is 459 g/mol. The molecule has 0 fully saturated rings. The van der Waals surface area contributed by atoms with Crippen molar-refractivity contribution in [3.8, 4) is 11.5 Å². The fraction of sp³-hybridized carbons (Fsp3) is 0.227. The van der Waals surface area contributed by atoms with Crippen molar-refractivity contribution in [1.82, 2.24) is 4.98 Å². The quantitative estimate of drug-likeness (QED) is 0.489. The molecule has 0 aliphatic rings. The molecule has 7 nitrogen and oxygen atoms in total. The minimum absolute atomic E-state index is 0.280. The van der Waals surface area contributed by atoms with Crippen LogP contribution in [0.2, 0.25) is 0 Å². The molecule has 1 heterocycles. The molecule has 0 bridgehead atoms. The summed E-state index contributed by atoms with van der Waals surface area (Å²) in [7, 11) is 2.76. The number of methoxy groups -OCH3 is 2. The minimum Gasteiger partial charge on any atom is -0.493 e. The van der Waals surface area contributed by atoms with Crippen LogP contribution in [-0.4, -0.2) is 37.7 Å². The highest BCUT2D eigenvalue weighted by atomic mass is 32.2. The van der Waals surface area contributed by atoms with Gasteiger partial charge in [0.1, 0.15) is 0 Å². The highest BCUT2D eigenvalue weighted by Gasteiger charge is 2.14. The molecule has 0 saturated heterocycles. The molecule has 0 saturated carbocycles. The van der Waals surface area contributed by atoms with Crippen molar-refractivity contribution in [1.29, 1.82) is 0 Å². The van der Waals surface area contributed by atoms with E-state index in [4.69, 9.17) is 9.47 Å². The van der Waals surface area contributed by atoms with Gasteiger partial charge in [0.25, 0.3) is 5.91 Å². The Labute approximate surface area is 188 Å². The molecule has 3 aromatic rings. The molecule has 0 spiro atoms. The van der Waals surface area contributed by atoms with Crippen LogP contribution in [0.1, 0.15) is 21.6 Å². The fourth-order valence-electron chi connectivity index (χ4n) is 2.64. The lowest BCUT2D eigenvalue weighted by Crippen LogP contribution is -2.15. The zero-order valence-corrected chi connectivity index (χ0v) is 19.2. The van der Waals surface area contributed by atoms with Crippen LogP contribution < -0.4 is 14.8 Å². The van der Waals surface area contributed by atoms with Crippen molar-refractivity contribution in [2.45, 2.75) is 23.1 Å². The molecular weight excluding hydrogens is 436 g/mol. The standard InChI is InChI=1S/C22H22N2O5S2/c1-13-9-16(31-22-23-14(2)12-30-22)6-7-17(13)24-21(26)15-5-8-18(27-3)19(10-15)29-11-20(25)28-4/h5-10,12H,11H2,1-4H3,(H,24,26). The molecular formula is C22H22N2O5S2. The van der Waals surface area contributed by atoms with Gasteiger partial charge in [0.05, 0.1) is 14.2 Å². The molecule has 0 atom stereocenters. The first-order chi connectivity index (χ1) is 14.9. The minimum atomic E-state index is -0.529.